The fraction of sp³-hybridized carbons (Fsp3) is 0.917. The molecule has 0 radical (unpaired) electrons. The van der Waals surface area contributed by atoms with E-state index in [2.05, 4.69) is 32.6 Å². The van der Waals surface area contributed by atoms with Crippen LogP contribution in [0.3, 0.4) is 0 Å². The average molecular weight is 230 g/mol. The van der Waals surface area contributed by atoms with Gasteiger partial charge in [-0.1, -0.05) is 0 Å². The van der Waals surface area contributed by atoms with Crippen molar-refractivity contribution in [2.75, 3.05) is 6.54 Å². The number of aliphatic carboxylic acids is 1. The number of nitrogens with two attached hydrogens (primary N) is 1. The van der Waals surface area contributed by atoms with Gasteiger partial charge < -0.3 is 10.8 Å². The van der Waals surface area contributed by atoms with E-state index < -0.39 is 5.97 Å². The predicted octanol–water partition coefficient (Wildman–Crippen LogP) is 1.69. The van der Waals surface area contributed by atoms with Gasteiger partial charge in [-0.25, -0.2) is 0 Å². The lowest BCUT2D eigenvalue weighted by Gasteiger charge is -2.37. The summed E-state index contributed by atoms with van der Waals surface area (Å²) >= 11 is 0. The minimum Gasteiger partial charge on any atom is -0.481 e. The van der Waals surface area contributed by atoms with Crippen molar-refractivity contribution in [3.05, 3.63) is 0 Å². The third kappa shape index (κ3) is 5.47. The van der Waals surface area contributed by atoms with Crippen LogP contribution in [-0.4, -0.2) is 40.6 Å². The number of rotatable bonds is 8. The van der Waals surface area contributed by atoms with Gasteiger partial charge in [-0.15, -0.1) is 0 Å². The summed E-state index contributed by atoms with van der Waals surface area (Å²) in [6.07, 6.45) is 1.95. The Bertz CT molecular complexity index is 197. The highest BCUT2D eigenvalue weighted by Gasteiger charge is 2.25. The van der Waals surface area contributed by atoms with Gasteiger partial charge in [-0.3, -0.25) is 9.69 Å². The lowest BCUT2D eigenvalue weighted by Crippen LogP contribution is -2.46. The molecule has 0 aliphatic heterocycles. The summed E-state index contributed by atoms with van der Waals surface area (Å²) in [6.45, 7) is 9.06. The Morgan fingerprint density at radius 2 is 1.75 bits per heavy atom. The van der Waals surface area contributed by atoms with Crippen molar-refractivity contribution in [3.63, 3.8) is 0 Å². The van der Waals surface area contributed by atoms with Crippen LogP contribution in [0.25, 0.3) is 0 Å². The van der Waals surface area contributed by atoms with Crippen LogP contribution in [-0.2, 0) is 4.79 Å². The standard InChI is InChI=1S/C12H26N2O2/c1-9(2)14(10(3)4)11(6-5-7-13)8-12(15)16/h9-11H,5-8,13H2,1-4H3,(H,15,16). The lowest BCUT2D eigenvalue weighted by molar-refractivity contribution is -0.138. The van der Waals surface area contributed by atoms with Crippen LogP contribution >= 0.6 is 0 Å². The molecule has 16 heavy (non-hydrogen) atoms. The van der Waals surface area contributed by atoms with Crippen molar-refractivity contribution < 1.29 is 9.90 Å². The molecule has 1 atom stereocenters. The Kier molecular flexibility index (Phi) is 7.34. The van der Waals surface area contributed by atoms with Gasteiger partial charge in [0, 0.05) is 18.1 Å². The Balaban J connectivity index is 4.59. The van der Waals surface area contributed by atoms with E-state index >= 15 is 0 Å². The summed E-state index contributed by atoms with van der Waals surface area (Å²) in [5.74, 6) is -0.728. The summed E-state index contributed by atoms with van der Waals surface area (Å²) in [5, 5.41) is 8.94. The van der Waals surface area contributed by atoms with E-state index in [4.69, 9.17) is 10.8 Å². The highest BCUT2D eigenvalue weighted by Crippen LogP contribution is 2.17. The molecule has 0 saturated heterocycles. The monoisotopic (exact) mass is 230 g/mol. The van der Waals surface area contributed by atoms with Crippen LogP contribution in [0.2, 0.25) is 0 Å². The molecule has 0 bridgehead atoms. The van der Waals surface area contributed by atoms with E-state index in [0.29, 0.717) is 18.6 Å². The zero-order valence-corrected chi connectivity index (χ0v) is 10.9. The maximum Gasteiger partial charge on any atom is 0.304 e. The zero-order valence-electron chi connectivity index (χ0n) is 10.9. The van der Waals surface area contributed by atoms with Crippen LogP contribution < -0.4 is 5.73 Å². The van der Waals surface area contributed by atoms with E-state index in [-0.39, 0.29) is 12.5 Å². The molecule has 0 rings (SSSR count). The van der Waals surface area contributed by atoms with Crippen molar-refractivity contribution in [3.8, 4) is 0 Å². The maximum absolute atomic E-state index is 10.9. The molecular formula is C12H26N2O2. The number of carboxylic acids is 1. The number of hydrogen-bond acceptors (Lipinski definition) is 3. The van der Waals surface area contributed by atoms with E-state index in [9.17, 15) is 4.79 Å². The molecule has 0 aliphatic rings. The molecule has 0 aromatic heterocycles. The molecule has 0 saturated carbocycles. The van der Waals surface area contributed by atoms with Gasteiger partial charge in [0.05, 0.1) is 6.42 Å². The summed E-state index contributed by atoms with van der Waals surface area (Å²) in [5.41, 5.74) is 5.49. The zero-order chi connectivity index (χ0) is 12.7. The van der Waals surface area contributed by atoms with E-state index in [1.165, 1.54) is 0 Å². The number of nitrogens with zero attached hydrogens (tertiary/aromatic N) is 1. The quantitative estimate of drug-likeness (QED) is 0.666. The first kappa shape index (κ1) is 15.4. The molecular weight excluding hydrogens is 204 g/mol. The summed E-state index contributed by atoms with van der Waals surface area (Å²) in [4.78, 5) is 13.1. The molecule has 96 valence electrons. The Morgan fingerprint density at radius 1 is 1.25 bits per heavy atom. The highest BCUT2D eigenvalue weighted by molar-refractivity contribution is 5.67. The van der Waals surface area contributed by atoms with Crippen molar-refractivity contribution >= 4 is 5.97 Å². The van der Waals surface area contributed by atoms with Gasteiger partial charge in [0.25, 0.3) is 0 Å². The maximum atomic E-state index is 10.9. The predicted molar refractivity (Wildman–Crippen MR) is 66.4 cm³/mol. The van der Waals surface area contributed by atoms with Crippen LogP contribution in [0.5, 0.6) is 0 Å². The smallest absolute Gasteiger partial charge is 0.304 e. The van der Waals surface area contributed by atoms with E-state index in [0.717, 1.165) is 12.8 Å². The largest absolute Gasteiger partial charge is 0.481 e. The highest BCUT2D eigenvalue weighted by atomic mass is 16.4. The van der Waals surface area contributed by atoms with Crippen molar-refractivity contribution in [1.82, 2.24) is 4.90 Å². The van der Waals surface area contributed by atoms with Gasteiger partial charge in [-0.2, -0.15) is 0 Å². The third-order valence-electron chi connectivity index (χ3n) is 2.77. The second-order valence-corrected chi connectivity index (χ2v) is 4.82. The molecule has 4 nitrogen and oxygen atoms in total. The Labute approximate surface area is 98.8 Å². The summed E-state index contributed by atoms with van der Waals surface area (Å²) < 4.78 is 0. The fourth-order valence-electron chi connectivity index (χ4n) is 2.35. The second-order valence-electron chi connectivity index (χ2n) is 4.82. The van der Waals surface area contributed by atoms with Crippen LogP contribution in [0, 0.1) is 0 Å². The molecule has 4 heteroatoms. The topological polar surface area (TPSA) is 66.6 Å². The number of carbonyl (C=O) groups is 1. The normalized spacial score (nSPS) is 13.8. The second kappa shape index (κ2) is 7.63. The molecule has 0 aliphatic carbocycles. The Morgan fingerprint density at radius 3 is 2.06 bits per heavy atom. The molecule has 0 aromatic carbocycles. The first-order chi connectivity index (χ1) is 7.40. The lowest BCUT2D eigenvalue weighted by atomic mass is 10.0. The molecule has 0 spiro atoms. The van der Waals surface area contributed by atoms with Gasteiger partial charge in [-0.05, 0) is 47.1 Å². The molecule has 0 aromatic rings. The van der Waals surface area contributed by atoms with E-state index in [1.54, 1.807) is 0 Å². The number of hydrogen-bond donors (Lipinski definition) is 2. The molecule has 0 heterocycles. The van der Waals surface area contributed by atoms with Crippen LogP contribution in [0.4, 0.5) is 0 Å². The van der Waals surface area contributed by atoms with Gasteiger partial charge >= 0.3 is 5.97 Å². The SMILES string of the molecule is CC(C)N(C(C)C)C(CCCN)CC(=O)O. The summed E-state index contributed by atoms with van der Waals surface area (Å²) in [6, 6.07) is 0.824. The van der Waals surface area contributed by atoms with E-state index in [1.807, 2.05) is 0 Å². The first-order valence-electron chi connectivity index (χ1n) is 6.09. The van der Waals surface area contributed by atoms with Crippen molar-refractivity contribution in [1.29, 1.82) is 0 Å². The van der Waals surface area contributed by atoms with Gasteiger partial charge in [0.2, 0.25) is 0 Å². The minimum atomic E-state index is -0.728. The van der Waals surface area contributed by atoms with Gasteiger partial charge in [0.1, 0.15) is 0 Å². The minimum absolute atomic E-state index is 0.0982. The fourth-order valence-corrected chi connectivity index (χ4v) is 2.35. The van der Waals surface area contributed by atoms with Crippen molar-refractivity contribution in [2.45, 2.75) is 65.1 Å². The summed E-state index contributed by atoms with van der Waals surface area (Å²) in [7, 11) is 0. The van der Waals surface area contributed by atoms with Gasteiger partial charge in [0.15, 0.2) is 0 Å². The molecule has 0 fully saturated rings. The number of carboxylic acid groups (broad SMARTS) is 1. The Hall–Kier alpha value is -0.610. The first-order valence-corrected chi connectivity index (χ1v) is 6.09. The average Bonchev–Trinajstić information content (AvgIpc) is 2.11. The molecule has 0 amide bonds. The van der Waals surface area contributed by atoms with Crippen LogP contribution in [0.15, 0.2) is 0 Å². The van der Waals surface area contributed by atoms with Crippen molar-refractivity contribution in [2.24, 2.45) is 5.73 Å². The molecule has 1 unspecified atom stereocenters. The van der Waals surface area contributed by atoms with Crippen LogP contribution in [0.1, 0.15) is 47.0 Å². The third-order valence-corrected chi connectivity index (χ3v) is 2.77. The molecule has 3 N–H and O–H groups in total.